The van der Waals surface area contributed by atoms with E-state index in [9.17, 15) is 10.2 Å². The first-order valence-electron chi connectivity index (χ1n) is 6.68. The Balaban J connectivity index is 2.44. The van der Waals surface area contributed by atoms with E-state index in [2.05, 4.69) is 0 Å². The van der Waals surface area contributed by atoms with E-state index in [1.165, 1.54) is 0 Å². The average Bonchev–Trinajstić information content (AvgIpc) is 2.45. The van der Waals surface area contributed by atoms with E-state index in [1.807, 2.05) is 18.2 Å². The SMILES string of the molecule is COc1ccc(CCC(O)CCCC[O])cc1OC. The fourth-order valence-electron chi connectivity index (χ4n) is 2.00. The van der Waals surface area contributed by atoms with Crippen molar-refractivity contribution >= 4 is 0 Å². The topological polar surface area (TPSA) is 58.6 Å². The molecule has 1 N–H and O–H groups in total. The summed E-state index contributed by atoms with van der Waals surface area (Å²) in [6.45, 7) is -0.0532. The molecule has 1 unspecified atom stereocenters. The van der Waals surface area contributed by atoms with Gasteiger partial charge in [0.25, 0.3) is 0 Å². The monoisotopic (exact) mass is 267 g/mol. The van der Waals surface area contributed by atoms with Gasteiger partial charge in [-0.2, -0.15) is 0 Å². The molecule has 1 aromatic rings. The number of hydrogen-bond acceptors (Lipinski definition) is 3. The zero-order valence-corrected chi connectivity index (χ0v) is 11.7. The zero-order chi connectivity index (χ0) is 14.1. The minimum Gasteiger partial charge on any atom is -0.493 e. The van der Waals surface area contributed by atoms with Gasteiger partial charge in [-0.1, -0.05) is 6.07 Å². The Morgan fingerprint density at radius 2 is 1.84 bits per heavy atom. The van der Waals surface area contributed by atoms with Crippen LogP contribution in [0.25, 0.3) is 0 Å². The van der Waals surface area contributed by atoms with Gasteiger partial charge in [-0.3, -0.25) is 0 Å². The summed E-state index contributed by atoms with van der Waals surface area (Å²) < 4.78 is 10.4. The summed E-state index contributed by atoms with van der Waals surface area (Å²) in [7, 11) is 3.22. The van der Waals surface area contributed by atoms with Crippen molar-refractivity contribution in [2.75, 3.05) is 20.8 Å². The van der Waals surface area contributed by atoms with Gasteiger partial charge in [0, 0.05) is 0 Å². The molecule has 0 aromatic heterocycles. The Morgan fingerprint density at radius 1 is 1.11 bits per heavy atom. The van der Waals surface area contributed by atoms with Crippen molar-refractivity contribution < 1.29 is 19.7 Å². The van der Waals surface area contributed by atoms with Crippen LogP contribution in [0, 0.1) is 0 Å². The molecule has 1 rings (SSSR count). The number of aliphatic hydroxyl groups is 1. The molecule has 0 aliphatic heterocycles. The van der Waals surface area contributed by atoms with Gasteiger partial charge in [-0.05, 0) is 49.8 Å². The lowest BCUT2D eigenvalue weighted by Gasteiger charge is -2.12. The van der Waals surface area contributed by atoms with Crippen molar-refractivity contribution in [3.63, 3.8) is 0 Å². The van der Waals surface area contributed by atoms with Crippen LogP contribution in [0.5, 0.6) is 11.5 Å². The molecule has 0 spiro atoms. The van der Waals surface area contributed by atoms with E-state index in [0.717, 1.165) is 18.4 Å². The zero-order valence-electron chi connectivity index (χ0n) is 11.7. The normalized spacial score (nSPS) is 12.2. The van der Waals surface area contributed by atoms with Crippen molar-refractivity contribution in [2.24, 2.45) is 0 Å². The summed E-state index contributed by atoms with van der Waals surface area (Å²) in [4.78, 5) is 0. The lowest BCUT2D eigenvalue weighted by Crippen LogP contribution is -2.08. The summed E-state index contributed by atoms with van der Waals surface area (Å²) >= 11 is 0. The molecule has 0 saturated carbocycles. The summed E-state index contributed by atoms with van der Waals surface area (Å²) in [5.74, 6) is 1.42. The number of unbranched alkanes of at least 4 members (excludes halogenated alkanes) is 1. The van der Waals surface area contributed by atoms with Crippen LogP contribution < -0.4 is 9.47 Å². The second-order valence-electron chi connectivity index (χ2n) is 4.58. The Labute approximate surface area is 115 Å². The van der Waals surface area contributed by atoms with Crippen molar-refractivity contribution in [2.45, 2.75) is 38.2 Å². The van der Waals surface area contributed by atoms with E-state index in [0.29, 0.717) is 30.8 Å². The number of benzene rings is 1. The van der Waals surface area contributed by atoms with Gasteiger partial charge in [0.05, 0.1) is 26.9 Å². The number of hydrogen-bond donors (Lipinski definition) is 1. The van der Waals surface area contributed by atoms with Crippen LogP contribution in [0.15, 0.2) is 18.2 Å². The number of aryl methyl sites for hydroxylation is 1. The van der Waals surface area contributed by atoms with Gasteiger partial charge in [0.1, 0.15) is 0 Å². The van der Waals surface area contributed by atoms with E-state index in [1.54, 1.807) is 14.2 Å². The number of rotatable bonds is 9. The molecule has 0 saturated heterocycles. The van der Waals surface area contributed by atoms with Crippen molar-refractivity contribution in [3.05, 3.63) is 23.8 Å². The molecule has 19 heavy (non-hydrogen) atoms. The second kappa shape index (κ2) is 8.77. The van der Waals surface area contributed by atoms with Gasteiger partial charge in [-0.15, -0.1) is 0 Å². The minimum absolute atomic E-state index is 0.0532. The first-order valence-corrected chi connectivity index (χ1v) is 6.68. The van der Waals surface area contributed by atoms with Crippen LogP contribution in [-0.4, -0.2) is 32.0 Å². The van der Waals surface area contributed by atoms with Crippen molar-refractivity contribution in [1.29, 1.82) is 0 Å². The van der Waals surface area contributed by atoms with Crippen molar-refractivity contribution in [3.8, 4) is 11.5 Å². The quantitative estimate of drug-likeness (QED) is 0.700. The number of aliphatic hydroxyl groups excluding tert-OH is 1. The second-order valence-corrected chi connectivity index (χ2v) is 4.58. The highest BCUT2D eigenvalue weighted by Gasteiger charge is 2.07. The third-order valence-corrected chi connectivity index (χ3v) is 3.15. The molecule has 0 aliphatic rings. The van der Waals surface area contributed by atoms with E-state index >= 15 is 0 Å². The highest BCUT2D eigenvalue weighted by Crippen LogP contribution is 2.28. The molecular formula is C15H23O4. The summed E-state index contributed by atoms with van der Waals surface area (Å²) in [5, 5.41) is 20.1. The maximum absolute atomic E-state index is 10.3. The van der Waals surface area contributed by atoms with E-state index < -0.39 is 0 Å². The predicted molar refractivity (Wildman–Crippen MR) is 73.3 cm³/mol. The van der Waals surface area contributed by atoms with Gasteiger partial charge in [-0.25, -0.2) is 5.11 Å². The van der Waals surface area contributed by atoms with Crippen LogP contribution in [0.4, 0.5) is 0 Å². The van der Waals surface area contributed by atoms with Crippen LogP contribution in [0.3, 0.4) is 0 Å². The highest BCUT2D eigenvalue weighted by molar-refractivity contribution is 5.42. The van der Waals surface area contributed by atoms with Crippen molar-refractivity contribution in [1.82, 2.24) is 0 Å². The molecule has 0 aliphatic carbocycles. The van der Waals surface area contributed by atoms with Crippen LogP contribution in [-0.2, 0) is 11.5 Å². The molecule has 107 valence electrons. The summed E-state index contributed by atoms with van der Waals surface area (Å²) in [6, 6.07) is 5.78. The van der Waals surface area contributed by atoms with Gasteiger partial charge >= 0.3 is 0 Å². The van der Waals surface area contributed by atoms with Gasteiger partial charge in [0.2, 0.25) is 0 Å². The molecule has 1 atom stereocenters. The first-order chi connectivity index (χ1) is 9.21. The van der Waals surface area contributed by atoms with E-state index in [4.69, 9.17) is 9.47 Å². The van der Waals surface area contributed by atoms with Crippen LogP contribution >= 0.6 is 0 Å². The van der Waals surface area contributed by atoms with Crippen LogP contribution in [0.1, 0.15) is 31.2 Å². The molecule has 0 heterocycles. The molecule has 1 aromatic carbocycles. The third kappa shape index (κ3) is 5.49. The Morgan fingerprint density at radius 3 is 2.47 bits per heavy atom. The Bertz CT molecular complexity index is 365. The summed E-state index contributed by atoms with van der Waals surface area (Å²) in [5.41, 5.74) is 1.11. The largest absolute Gasteiger partial charge is 0.493 e. The number of methoxy groups -OCH3 is 2. The molecular weight excluding hydrogens is 244 g/mol. The third-order valence-electron chi connectivity index (χ3n) is 3.15. The lowest BCUT2D eigenvalue weighted by molar-refractivity contribution is 0.140. The highest BCUT2D eigenvalue weighted by atomic mass is 16.5. The molecule has 4 nitrogen and oxygen atoms in total. The average molecular weight is 267 g/mol. The predicted octanol–water partition coefficient (Wildman–Crippen LogP) is 2.60. The summed E-state index contributed by atoms with van der Waals surface area (Å²) in [6.07, 6.45) is 3.31. The van der Waals surface area contributed by atoms with E-state index in [-0.39, 0.29) is 12.7 Å². The molecule has 0 fully saturated rings. The molecule has 4 heteroatoms. The Kier molecular flexibility index (Phi) is 7.30. The smallest absolute Gasteiger partial charge is 0.160 e. The number of ether oxygens (including phenoxy) is 2. The maximum atomic E-state index is 10.3. The minimum atomic E-state index is -0.334. The standard InChI is InChI=1S/C15H23O4/c1-18-14-9-7-12(11-15(14)19-2)6-8-13(17)5-3-4-10-16/h7,9,11,13,17H,3-6,8,10H2,1-2H3. The fraction of sp³-hybridized carbons (Fsp3) is 0.600. The molecule has 0 bridgehead atoms. The molecule has 1 radical (unpaired) electrons. The molecule has 0 amide bonds. The fourth-order valence-corrected chi connectivity index (χ4v) is 2.00. The van der Waals surface area contributed by atoms with Crippen LogP contribution in [0.2, 0.25) is 0 Å². The first kappa shape index (κ1) is 15.8. The Hall–Kier alpha value is -1.26. The van der Waals surface area contributed by atoms with Gasteiger partial charge < -0.3 is 14.6 Å². The maximum Gasteiger partial charge on any atom is 0.160 e. The van der Waals surface area contributed by atoms with Gasteiger partial charge in [0.15, 0.2) is 11.5 Å². The lowest BCUT2D eigenvalue weighted by atomic mass is 10.0.